The standard InChI is InChI=1S/C14H15N7O2S/c22-11(17-13-15-4-8-24-13)9-21-14(23)20-7-3-10(16-12(20)18-21)19-5-1-2-6-19/h3-4,7-8H,1-2,5-6,9H2,(H,15,17,22). The fourth-order valence-electron chi connectivity index (χ4n) is 2.70. The molecule has 24 heavy (non-hydrogen) atoms. The second-order valence-electron chi connectivity index (χ2n) is 5.48. The number of hydrogen-bond acceptors (Lipinski definition) is 7. The number of carbonyl (C=O) groups excluding carboxylic acids is 1. The number of hydrogen-bond donors (Lipinski definition) is 1. The van der Waals surface area contributed by atoms with Crippen molar-refractivity contribution in [1.82, 2.24) is 24.1 Å². The highest BCUT2D eigenvalue weighted by Crippen LogP contribution is 2.17. The van der Waals surface area contributed by atoms with Gasteiger partial charge in [0.05, 0.1) is 0 Å². The number of nitrogens with one attached hydrogen (secondary N) is 1. The topological polar surface area (TPSA) is 97.4 Å². The van der Waals surface area contributed by atoms with Crippen LogP contribution in [0.2, 0.25) is 0 Å². The second kappa shape index (κ2) is 6.04. The third-order valence-corrected chi connectivity index (χ3v) is 4.53. The van der Waals surface area contributed by atoms with E-state index in [9.17, 15) is 9.59 Å². The molecule has 0 saturated carbocycles. The van der Waals surface area contributed by atoms with Crippen molar-refractivity contribution in [3.8, 4) is 0 Å². The van der Waals surface area contributed by atoms with Crippen LogP contribution in [0.1, 0.15) is 12.8 Å². The fraction of sp³-hybridized carbons (Fsp3) is 0.357. The minimum absolute atomic E-state index is 0.180. The van der Waals surface area contributed by atoms with Crippen molar-refractivity contribution in [3.05, 3.63) is 34.3 Å². The number of amides is 1. The third-order valence-electron chi connectivity index (χ3n) is 3.84. The van der Waals surface area contributed by atoms with E-state index in [4.69, 9.17) is 0 Å². The largest absolute Gasteiger partial charge is 0.356 e. The summed E-state index contributed by atoms with van der Waals surface area (Å²) in [6, 6.07) is 1.81. The van der Waals surface area contributed by atoms with Crippen molar-refractivity contribution in [2.45, 2.75) is 19.4 Å². The molecular formula is C14H15N7O2S. The maximum atomic E-state index is 12.3. The second-order valence-corrected chi connectivity index (χ2v) is 6.37. The van der Waals surface area contributed by atoms with Crippen LogP contribution in [-0.4, -0.2) is 43.1 Å². The van der Waals surface area contributed by atoms with Gasteiger partial charge in [-0.25, -0.2) is 18.9 Å². The van der Waals surface area contributed by atoms with Crippen molar-refractivity contribution < 1.29 is 4.79 Å². The zero-order valence-electron chi connectivity index (χ0n) is 12.8. The number of nitrogens with zero attached hydrogens (tertiary/aromatic N) is 6. The van der Waals surface area contributed by atoms with Gasteiger partial charge in [0.2, 0.25) is 5.91 Å². The van der Waals surface area contributed by atoms with E-state index >= 15 is 0 Å². The molecule has 3 aromatic heterocycles. The fourth-order valence-corrected chi connectivity index (χ4v) is 3.25. The maximum absolute atomic E-state index is 12.3. The highest BCUT2D eigenvalue weighted by molar-refractivity contribution is 7.13. The van der Waals surface area contributed by atoms with E-state index in [-0.39, 0.29) is 18.1 Å². The summed E-state index contributed by atoms with van der Waals surface area (Å²) < 4.78 is 2.45. The molecule has 4 heterocycles. The van der Waals surface area contributed by atoms with Crippen LogP contribution in [0.15, 0.2) is 28.6 Å². The van der Waals surface area contributed by atoms with Crippen LogP contribution in [0, 0.1) is 0 Å². The van der Waals surface area contributed by atoms with E-state index in [0.29, 0.717) is 10.9 Å². The van der Waals surface area contributed by atoms with Crippen LogP contribution in [0.4, 0.5) is 10.9 Å². The zero-order chi connectivity index (χ0) is 16.5. The summed E-state index contributed by atoms with van der Waals surface area (Å²) >= 11 is 1.31. The third kappa shape index (κ3) is 2.75. The van der Waals surface area contributed by atoms with E-state index in [1.807, 2.05) is 0 Å². The molecule has 0 bridgehead atoms. The summed E-state index contributed by atoms with van der Waals surface area (Å²) in [5, 5.41) is 9.05. The molecule has 9 nitrogen and oxygen atoms in total. The van der Waals surface area contributed by atoms with Gasteiger partial charge in [0.1, 0.15) is 12.4 Å². The first-order valence-electron chi connectivity index (χ1n) is 7.61. The first-order chi connectivity index (χ1) is 11.7. The summed E-state index contributed by atoms with van der Waals surface area (Å²) in [6.45, 7) is 1.75. The Bertz CT molecular complexity index is 924. The predicted molar refractivity (Wildman–Crippen MR) is 89.4 cm³/mol. The minimum Gasteiger partial charge on any atom is -0.356 e. The van der Waals surface area contributed by atoms with Crippen molar-refractivity contribution in [2.75, 3.05) is 23.3 Å². The first kappa shape index (κ1) is 14.8. The minimum atomic E-state index is -0.389. The monoisotopic (exact) mass is 345 g/mol. The van der Waals surface area contributed by atoms with E-state index in [1.54, 1.807) is 23.8 Å². The Labute approximate surface area is 140 Å². The lowest BCUT2D eigenvalue weighted by Crippen LogP contribution is -2.28. The van der Waals surface area contributed by atoms with Crippen LogP contribution < -0.4 is 15.9 Å². The Balaban J connectivity index is 1.58. The molecule has 0 aromatic carbocycles. The average Bonchev–Trinajstić information content (AvgIpc) is 3.30. The molecule has 1 N–H and O–H groups in total. The molecule has 10 heteroatoms. The Morgan fingerprint density at radius 2 is 2.17 bits per heavy atom. The van der Waals surface area contributed by atoms with Gasteiger partial charge in [0, 0.05) is 30.9 Å². The van der Waals surface area contributed by atoms with Crippen molar-refractivity contribution in [2.24, 2.45) is 0 Å². The van der Waals surface area contributed by atoms with Crippen molar-refractivity contribution in [1.29, 1.82) is 0 Å². The van der Waals surface area contributed by atoms with Crippen molar-refractivity contribution >= 4 is 34.0 Å². The van der Waals surface area contributed by atoms with Gasteiger partial charge >= 0.3 is 5.69 Å². The Hall–Kier alpha value is -2.75. The molecule has 3 aromatic rings. The maximum Gasteiger partial charge on any atom is 0.352 e. The van der Waals surface area contributed by atoms with E-state index in [0.717, 1.165) is 36.4 Å². The van der Waals surface area contributed by atoms with Crippen LogP contribution in [0.5, 0.6) is 0 Å². The summed E-state index contributed by atoms with van der Waals surface area (Å²) in [6.07, 6.45) is 5.54. The van der Waals surface area contributed by atoms with Crippen molar-refractivity contribution in [3.63, 3.8) is 0 Å². The first-order valence-corrected chi connectivity index (χ1v) is 8.49. The molecule has 1 fully saturated rings. The number of carbonyl (C=O) groups is 1. The number of aromatic nitrogens is 5. The highest BCUT2D eigenvalue weighted by Gasteiger charge is 2.17. The molecule has 0 spiro atoms. The molecule has 4 rings (SSSR count). The molecule has 1 aliphatic rings. The molecule has 0 aliphatic carbocycles. The van der Waals surface area contributed by atoms with Crippen LogP contribution in [0.25, 0.3) is 5.78 Å². The number of thiazole rings is 1. The number of rotatable bonds is 4. The van der Waals surface area contributed by atoms with Crippen LogP contribution >= 0.6 is 11.3 Å². The summed E-state index contributed by atoms with van der Waals surface area (Å²) in [7, 11) is 0. The Kier molecular flexibility index (Phi) is 3.73. The van der Waals surface area contributed by atoms with Gasteiger partial charge in [-0.05, 0) is 18.9 Å². The number of anilines is 2. The molecule has 1 aliphatic heterocycles. The van der Waals surface area contributed by atoms with Crippen LogP contribution in [0.3, 0.4) is 0 Å². The van der Waals surface area contributed by atoms with Gasteiger partial charge in [-0.3, -0.25) is 4.79 Å². The lowest BCUT2D eigenvalue weighted by Gasteiger charge is -2.15. The molecule has 0 unspecified atom stereocenters. The van der Waals surface area contributed by atoms with Crippen LogP contribution in [-0.2, 0) is 11.3 Å². The van der Waals surface area contributed by atoms with E-state index < -0.39 is 0 Å². The summed E-state index contributed by atoms with van der Waals surface area (Å²) in [4.78, 5) is 34.9. The molecule has 0 atom stereocenters. The van der Waals surface area contributed by atoms with Gasteiger partial charge in [0.25, 0.3) is 5.78 Å². The van der Waals surface area contributed by atoms with Gasteiger partial charge in [0.15, 0.2) is 5.13 Å². The van der Waals surface area contributed by atoms with Gasteiger partial charge in [-0.1, -0.05) is 0 Å². The summed E-state index contributed by atoms with van der Waals surface area (Å²) in [5.41, 5.74) is -0.389. The van der Waals surface area contributed by atoms with Gasteiger partial charge < -0.3 is 10.2 Å². The predicted octanol–water partition coefficient (Wildman–Crippen LogP) is 0.586. The molecule has 1 amide bonds. The van der Waals surface area contributed by atoms with E-state index in [1.165, 1.54) is 15.7 Å². The number of fused-ring (bicyclic) bond motifs is 1. The summed E-state index contributed by atoms with van der Waals surface area (Å²) in [5.74, 6) is 0.756. The molecule has 0 radical (unpaired) electrons. The van der Waals surface area contributed by atoms with Gasteiger partial charge in [-0.2, -0.15) is 4.98 Å². The Morgan fingerprint density at radius 3 is 2.92 bits per heavy atom. The zero-order valence-corrected chi connectivity index (χ0v) is 13.6. The SMILES string of the molecule is O=C(Cn1nc2nc(N3CCCC3)ccn2c1=O)Nc1nccs1. The quantitative estimate of drug-likeness (QED) is 0.743. The van der Waals surface area contributed by atoms with E-state index in [2.05, 4.69) is 25.3 Å². The lowest BCUT2D eigenvalue weighted by molar-refractivity contribution is -0.117. The molecular weight excluding hydrogens is 330 g/mol. The Morgan fingerprint density at radius 1 is 1.33 bits per heavy atom. The highest BCUT2D eigenvalue weighted by atomic mass is 32.1. The molecule has 124 valence electrons. The molecule has 1 saturated heterocycles. The average molecular weight is 345 g/mol. The lowest BCUT2D eigenvalue weighted by atomic mass is 10.4. The van der Waals surface area contributed by atoms with Gasteiger partial charge in [-0.15, -0.1) is 16.4 Å². The normalized spacial score (nSPS) is 14.4. The smallest absolute Gasteiger partial charge is 0.352 e.